The van der Waals surface area contributed by atoms with Gasteiger partial charge in [-0.2, -0.15) is 5.26 Å². The summed E-state index contributed by atoms with van der Waals surface area (Å²) in [5, 5.41) is 16.1. The van der Waals surface area contributed by atoms with Crippen LogP contribution in [0.2, 0.25) is 0 Å². The Balaban J connectivity index is 1.48. The quantitative estimate of drug-likeness (QED) is 0.181. The second-order valence-corrected chi connectivity index (χ2v) is 11.1. The summed E-state index contributed by atoms with van der Waals surface area (Å²) < 4.78 is 20.8. The van der Waals surface area contributed by atoms with E-state index in [9.17, 15) is 9.18 Å². The molecular weight excluding hydrogens is 575 g/mol. The molecule has 0 saturated heterocycles. The number of halogens is 1. The van der Waals surface area contributed by atoms with Crippen molar-refractivity contribution in [3.8, 4) is 11.8 Å². The molecule has 228 valence electrons. The largest absolute Gasteiger partial charge is 0.497 e. The van der Waals surface area contributed by atoms with Gasteiger partial charge in [-0.15, -0.1) is 0 Å². The lowest BCUT2D eigenvalue weighted by Gasteiger charge is -2.33. The Hall–Kier alpha value is -4.75. The average Bonchev–Trinajstić information content (AvgIpc) is 3.47. The SMILES string of the molecule is CC[C@H](C)[C@@H](CN(Cc1ccc(F)cc1)C(=S)Nc1ccc(OC)cc1)NC(=O)Cc1cncn1Cc1ccc(C#N)cc1. The molecule has 2 N–H and O–H groups in total. The maximum absolute atomic E-state index is 13.6. The highest BCUT2D eigenvalue weighted by Crippen LogP contribution is 2.18. The van der Waals surface area contributed by atoms with Crippen LogP contribution in [0.1, 0.15) is 42.7 Å². The highest BCUT2D eigenvalue weighted by Gasteiger charge is 2.24. The number of hydrogen-bond acceptors (Lipinski definition) is 5. The standard InChI is InChI=1S/C34H37FN6O2S/c1-4-24(2)32(39-33(42)17-30-19-37-23-41(30)21-26-7-5-25(18-36)6-8-26)22-40(20-27-9-11-28(35)12-10-27)34(44)38-29-13-15-31(43-3)16-14-29/h5-16,19,23-24,32H,4,17,20-22H2,1-3H3,(H,38,44)(H,39,42)/t24-,32+/m0/s1. The monoisotopic (exact) mass is 612 g/mol. The van der Waals surface area contributed by atoms with Crippen LogP contribution in [0.4, 0.5) is 10.1 Å². The number of aromatic nitrogens is 2. The molecule has 0 radical (unpaired) electrons. The Morgan fingerprint density at radius 1 is 1.09 bits per heavy atom. The first-order valence-electron chi connectivity index (χ1n) is 14.5. The van der Waals surface area contributed by atoms with Crippen molar-refractivity contribution in [3.05, 3.63) is 114 Å². The van der Waals surface area contributed by atoms with Gasteiger partial charge in [-0.3, -0.25) is 4.79 Å². The minimum absolute atomic E-state index is 0.118. The van der Waals surface area contributed by atoms with Gasteiger partial charge in [0.05, 0.1) is 31.5 Å². The third-order valence-corrected chi connectivity index (χ3v) is 7.95. The molecule has 0 aliphatic carbocycles. The van der Waals surface area contributed by atoms with E-state index in [0.717, 1.165) is 34.7 Å². The number of thiocarbonyl (C=S) groups is 1. The molecule has 0 aliphatic heterocycles. The minimum atomic E-state index is -0.303. The number of anilines is 1. The molecule has 8 nitrogen and oxygen atoms in total. The molecular formula is C34H37FN6O2S. The number of carbonyl (C=O) groups is 1. The summed E-state index contributed by atoms with van der Waals surface area (Å²) >= 11 is 5.85. The van der Waals surface area contributed by atoms with Gasteiger partial charge in [0, 0.05) is 43.3 Å². The summed E-state index contributed by atoms with van der Waals surface area (Å²) in [7, 11) is 1.62. The zero-order chi connectivity index (χ0) is 31.5. The Labute approximate surface area is 263 Å². The van der Waals surface area contributed by atoms with Gasteiger partial charge in [0.1, 0.15) is 11.6 Å². The third kappa shape index (κ3) is 9.12. The van der Waals surface area contributed by atoms with E-state index in [0.29, 0.717) is 30.3 Å². The maximum Gasteiger partial charge on any atom is 0.226 e. The number of methoxy groups -OCH3 is 1. The fourth-order valence-electron chi connectivity index (χ4n) is 4.74. The zero-order valence-corrected chi connectivity index (χ0v) is 26.0. The first-order valence-corrected chi connectivity index (χ1v) is 14.9. The van der Waals surface area contributed by atoms with Crippen molar-refractivity contribution in [1.29, 1.82) is 5.26 Å². The average molecular weight is 613 g/mol. The van der Waals surface area contributed by atoms with E-state index in [2.05, 4.69) is 35.5 Å². The first-order chi connectivity index (χ1) is 21.3. The van der Waals surface area contributed by atoms with Gasteiger partial charge in [0.15, 0.2) is 5.11 Å². The predicted molar refractivity (Wildman–Crippen MR) is 174 cm³/mol. The van der Waals surface area contributed by atoms with Gasteiger partial charge in [-0.1, -0.05) is 44.5 Å². The normalized spacial score (nSPS) is 12.1. The van der Waals surface area contributed by atoms with Crippen LogP contribution in [0.3, 0.4) is 0 Å². The van der Waals surface area contributed by atoms with Gasteiger partial charge in [-0.25, -0.2) is 9.37 Å². The van der Waals surface area contributed by atoms with Crippen molar-refractivity contribution in [2.24, 2.45) is 5.92 Å². The summed E-state index contributed by atoms with van der Waals surface area (Å²) in [5.41, 5.74) is 4.10. The highest BCUT2D eigenvalue weighted by molar-refractivity contribution is 7.80. The van der Waals surface area contributed by atoms with Crippen LogP contribution in [-0.4, -0.2) is 45.2 Å². The number of nitrogens with one attached hydrogen (secondary N) is 2. The number of imidazole rings is 1. The van der Waals surface area contributed by atoms with Crippen LogP contribution in [0.15, 0.2) is 85.3 Å². The van der Waals surface area contributed by atoms with Crippen LogP contribution in [0.5, 0.6) is 5.75 Å². The fraction of sp³-hybridized carbons (Fsp3) is 0.294. The van der Waals surface area contributed by atoms with Crippen molar-refractivity contribution >= 4 is 28.9 Å². The summed E-state index contributed by atoms with van der Waals surface area (Å²) in [6, 6.07) is 23.1. The molecule has 0 fully saturated rings. The van der Waals surface area contributed by atoms with E-state index in [4.69, 9.17) is 22.2 Å². The Kier molecular flexibility index (Phi) is 11.4. The van der Waals surface area contributed by atoms with E-state index in [-0.39, 0.29) is 30.1 Å². The van der Waals surface area contributed by atoms with E-state index in [1.54, 1.807) is 43.9 Å². The number of carbonyl (C=O) groups excluding carboxylic acids is 1. The maximum atomic E-state index is 13.6. The Morgan fingerprint density at radius 3 is 2.41 bits per heavy atom. The molecule has 0 spiro atoms. The fourth-order valence-corrected chi connectivity index (χ4v) is 4.99. The lowest BCUT2D eigenvalue weighted by atomic mass is 9.98. The zero-order valence-electron chi connectivity index (χ0n) is 25.2. The second kappa shape index (κ2) is 15.6. The number of hydrogen-bond donors (Lipinski definition) is 2. The number of benzene rings is 3. The van der Waals surface area contributed by atoms with Crippen LogP contribution in [0, 0.1) is 23.1 Å². The molecule has 1 heterocycles. The van der Waals surface area contributed by atoms with Crippen LogP contribution >= 0.6 is 12.2 Å². The molecule has 0 bridgehead atoms. The second-order valence-electron chi connectivity index (χ2n) is 10.7. The molecule has 44 heavy (non-hydrogen) atoms. The molecule has 1 amide bonds. The van der Waals surface area contributed by atoms with E-state index < -0.39 is 0 Å². The number of amides is 1. The molecule has 0 saturated carbocycles. The van der Waals surface area contributed by atoms with E-state index >= 15 is 0 Å². The van der Waals surface area contributed by atoms with Gasteiger partial charge in [0.2, 0.25) is 5.91 Å². The highest BCUT2D eigenvalue weighted by atomic mass is 32.1. The molecule has 1 aromatic heterocycles. The first kappa shape index (κ1) is 32.2. The molecule has 3 aromatic carbocycles. The summed E-state index contributed by atoms with van der Waals surface area (Å²) in [6.45, 7) is 5.62. The number of nitrogens with zero attached hydrogens (tertiary/aromatic N) is 4. The number of nitriles is 1. The third-order valence-electron chi connectivity index (χ3n) is 7.59. The van der Waals surface area contributed by atoms with Crippen molar-refractivity contribution in [1.82, 2.24) is 19.8 Å². The van der Waals surface area contributed by atoms with Crippen molar-refractivity contribution in [3.63, 3.8) is 0 Å². The lowest BCUT2D eigenvalue weighted by Crippen LogP contribution is -2.50. The van der Waals surface area contributed by atoms with Crippen LogP contribution in [0.25, 0.3) is 0 Å². The topological polar surface area (TPSA) is 95.2 Å². The lowest BCUT2D eigenvalue weighted by molar-refractivity contribution is -0.121. The molecule has 0 aliphatic rings. The summed E-state index contributed by atoms with van der Waals surface area (Å²) in [5.74, 6) is 0.472. The molecule has 2 atom stereocenters. The van der Waals surface area contributed by atoms with Crippen molar-refractivity contribution in [2.75, 3.05) is 19.0 Å². The van der Waals surface area contributed by atoms with Crippen molar-refractivity contribution < 1.29 is 13.9 Å². The molecule has 10 heteroatoms. The van der Waals surface area contributed by atoms with Gasteiger partial charge < -0.3 is 24.8 Å². The summed E-state index contributed by atoms with van der Waals surface area (Å²) in [6.07, 6.45) is 4.43. The van der Waals surface area contributed by atoms with Crippen LogP contribution < -0.4 is 15.4 Å². The smallest absolute Gasteiger partial charge is 0.226 e. The molecule has 0 unspecified atom stereocenters. The minimum Gasteiger partial charge on any atom is -0.497 e. The van der Waals surface area contributed by atoms with E-state index in [1.165, 1.54) is 12.1 Å². The Morgan fingerprint density at radius 2 is 1.77 bits per heavy atom. The number of ether oxygens (including phenoxy) is 1. The van der Waals surface area contributed by atoms with Crippen molar-refractivity contribution in [2.45, 2.75) is 45.8 Å². The van der Waals surface area contributed by atoms with Crippen LogP contribution in [-0.2, 0) is 24.3 Å². The molecule has 4 rings (SSSR count). The van der Waals surface area contributed by atoms with Gasteiger partial charge >= 0.3 is 0 Å². The summed E-state index contributed by atoms with van der Waals surface area (Å²) in [4.78, 5) is 19.7. The van der Waals surface area contributed by atoms with Gasteiger partial charge in [-0.05, 0) is 77.8 Å². The predicted octanol–water partition coefficient (Wildman–Crippen LogP) is 5.92. The van der Waals surface area contributed by atoms with Gasteiger partial charge in [0.25, 0.3) is 0 Å². The van der Waals surface area contributed by atoms with E-state index in [1.807, 2.05) is 45.9 Å². The Bertz CT molecular complexity index is 1570. The number of rotatable bonds is 13. The molecule has 4 aromatic rings.